The van der Waals surface area contributed by atoms with Crippen LogP contribution in [0.5, 0.6) is 0 Å². The summed E-state index contributed by atoms with van der Waals surface area (Å²) in [7, 11) is 0. The predicted octanol–water partition coefficient (Wildman–Crippen LogP) is 4.31. The topological polar surface area (TPSA) is 49.3 Å². The summed E-state index contributed by atoms with van der Waals surface area (Å²) in [6.45, 7) is 0.962. The van der Waals surface area contributed by atoms with Crippen molar-refractivity contribution in [3.05, 3.63) is 56.7 Å². The molecule has 3 nitrogen and oxygen atoms in total. The van der Waals surface area contributed by atoms with Crippen LogP contribution >= 0.6 is 22.9 Å². The quantitative estimate of drug-likeness (QED) is 0.885. The van der Waals surface area contributed by atoms with E-state index in [0.29, 0.717) is 11.5 Å². The number of hydrogen-bond acceptors (Lipinski definition) is 3. The summed E-state index contributed by atoms with van der Waals surface area (Å²) in [5, 5.41) is 14.6. The van der Waals surface area contributed by atoms with Crippen LogP contribution in [0.2, 0.25) is 4.34 Å². The second-order valence-electron chi connectivity index (χ2n) is 5.34. The predicted molar refractivity (Wildman–Crippen MR) is 85.4 cm³/mol. The summed E-state index contributed by atoms with van der Waals surface area (Å²) in [6, 6.07) is 9.49. The fourth-order valence-electron chi connectivity index (χ4n) is 2.87. The van der Waals surface area contributed by atoms with E-state index in [2.05, 4.69) is 16.8 Å². The minimum atomic E-state index is -0.885. The summed E-state index contributed by atoms with van der Waals surface area (Å²) in [5.41, 5.74) is 2.79. The molecule has 1 saturated heterocycles. The molecule has 21 heavy (non-hydrogen) atoms. The van der Waals surface area contributed by atoms with Crippen LogP contribution in [0.25, 0.3) is 0 Å². The molecule has 0 radical (unpaired) electrons. The maximum Gasteiger partial charge on any atom is 0.335 e. The lowest BCUT2D eigenvalue weighted by Crippen LogP contribution is -2.30. The molecule has 110 valence electrons. The molecule has 1 fully saturated rings. The molecule has 2 heterocycles. The smallest absolute Gasteiger partial charge is 0.335 e. The van der Waals surface area contributed by atoms with Crippen molar-refractivity contribution in [2.24, 2.45) is 0 Å². The normalized spacial score (nSPS) is 22.1. The highest BCUT2D eigenvalue weighted by Gasteiger charge is 2.24. The highest BCUT2D eigenvalue weighted by Crippen LogP contribution is 2.37. The first-order valence-electron chi connectivity index (χ1n) is 6.94. The van der Waals surface area contributed by atoms with Crippen molar-refractivity contribution in [3.63, 3.8) is 0 Å². The van der Waals surface area contributed by atoms with E-state index >= 15 is 0 Å². The second kappa shape index (κ2) is 6.18. The second-order valence-corrected chi connectivity index (χ2v) is 6.88. The van der Waals surface area contributed by atoms with Crippen molar-refractivity contribution in [1.82, 2.24) is 5.32 Å². The molecule has 2 atom stereocenters. The lowest BCUT2D eigenvalue weighted by molar-refractivity contribution is 0.0697. The fraction of sp³-hybridized carbons (Fsp3) is 0.312. The standard InChI is InChI=1S/C16H16ClNO2S/c17-15-8-13(9-21-15)12-5-6-18-14(7-12)10-1-3-11(4-2-10)16(19)20/h1-4,8-9,12,14,18H,5-7H2,(H,19,20)/t12?,14-/m0/s1. The van der Waals surface area contributed by atoms with Gasteiger partial charge in [0.1, 0.15) is 0 Å². The minimum absolute atomic E-state index is 0.269. The monoisotopic (exact) mass is 321 g/mol. The fourth-order valence-corrected chi connectivity index (χ4v) is 3.84. The van der Waals surface area contributed by atoms with Crippen molar-refractivity contribution in [2.45, 2.75) is 24.8 Å². The first-order chi connectivity index (χ1) is 10.1. The maximum absolute atomic E-state index is 10.9. The van der Waals surface area contributed by atoms with Gasteiger partial charge >= 0.3 is 5.97 Å². The molecule has 0 spiro atoms. The average molecular weight is 322 g/mol. The number of piperidine rings is 1. The van der Waals surface area contributed by atoms with Crippen molar-refractivity contribution in [3.8, 4) is 0 Å². The van der Waals surface area contributed by atoms with Gasteiger partial charge in [0.25, 0.3) is 0 Å². The van der Waals surface area contributed by atoms with Gasteiger partial charge < -0.3 is 10.4 Å². The van der Waals surface area contributed by atoms with Crippen LogP contribution in [0.1, 0.15) is 46.3 Å². The molecule has 1 aliphatic rings. The van der Waals surface area contributed by atoms with Crippen LogP contribution < -0.4 is 5.32 Å². The van der Waals surface area contributed by atoms with Gasteiger partial charge in [-0.1, -0.05) is 23.7 Å². The largest absolute Gasteiger partial charge is 0.478 e. The van der Waals surface area contributed by atoms with E-state index in [9.17, 15) is 4.79 Å². The van der Waals surface area contributed by atoms with Gasteiger partial charge in [-0.2, -0.15) is 0 Å². The molecule has 5 heteroatoms. The lowest BCUT2D eigenvalue weighted by Gasteiger charge is -2.30. The zero-order valence-corrected chi connectivity index (χ0v) is 13.0. The number of hydrogen-bond donors (Lipinski definition) is 2. The number of carboxylic acid groups (broad SMARTS) is 1. The van der Waals surface area contributed by atoms with E-state index < -0.39 is 5.97 Å². The summed E-state index contributed by atoms with van der Waals surface area (Å²) < 4.78 is 0.839. The summed E-state index contributed by atoms with van der Waals surface area (Å²) >= 11 is 7.61. The Bertz CT molecular complexity index is 638. The number of halogens is 1. The van der Waals surface area contributed by atoms with Crippen molar-refractivity contribution in [1.29, 1.82) is 0 Å². The first kappa shape index (κ1) is 14.6. The molecular formula is C16H16ClNO2S. The number of nitrogens with one attached hydrogen (secondary N) is 1. The number of aromatic carboxylic acids is 1. The van der Waals surface area contributed by atoms with E-state index in [4.69, 9.17) is 16.7 Å². The molecule has 0 aliphatic carbocycles. The van der Waals surface area contributed by atoms with Crippen LogP contribution in [0.3, 0.4) is 0 Å². The molecular weight excluding hydrogens is 306 g/mol. The molecule has 0 bridgehead atoms. The lowest BCUT2D eigenvalue weighted by atomic mass is 9.85. The van der Waals surface area contributed by atoms with Crippen molar-refractivity contribution < 1.29 is 9.90 Å². The van der Waals surface area contributed by atoms with Gasteiger partial charge in [-0.05, 0) is 60.0 Å². The van der Waals surface area contributed by atoms with E-state index in [1.54, 1.807) is 23.5 Å². The van der Waals surface area contributed by atoms with Crippen LogP contribution in [-0.4, -0.2) is 17.6 Å². The Hall–Kier alpha value is -1.36. The minimum Gasteiger partial charge on any atom is -0.478 e. The summed E-state index contributed by atoms with van der Waals surface area (Å²) in [4.78, 5) is 10.9. The summed E-state index contributed by atoms with van der Waals surface area (Å²) in [5.74, 6) is -0.372. The SMILES string of the molecule is O=C(O)c1ccc([C@@H]2CC(c3csc(Cl)c3)CCN2)cc1. The van der Waals surface area contributed by atoms with E-state index in [-0.39, 0.29) is 6.04 Å². The van der Waals surface area contributed by atoms with Gasteiger partial charge in [-0.15, -0.1) is 11.3 Å². The van der Waals surface area contributed by atoms with Crippen LogP contribution in [0.15, 0.2) is 35.7 Å². The Morgan fingerprint density at radius 2 is 2.05 bits per heavy atom. The Morgan fingerprint density at radius 3 is 2.67 bits per heavy atom. The molecule has 1 aromatic heterocycles. The Morgan fingerprint density at radius 1 is 1.29 bits per heavy atom. The third-order valence-electron chi connectivity index (χ3n) is 4.02. The van der Waals surface area contributed by atoms with Crippen LogP contribution in [-0.2, 0) is 0 Å². The Kier molecular flexibility index (Phi) is 4.29. The molecule has 0 saturated carbocycles. The number of carbonyl (C=O) groups is 1. The van der Waals surface area contributed by atoms with Gasteiger partial charge in [0.2, 0.25) is 0 Å². The van der Waals surface area contributed by atoms with Crippen molar-refractivity contribution >= 4 is 28.9 Å². The highest BCUT2D eigenvalue weighted by molar-refractivity contribution is 7.14. The van der Waals surface area contributed by atoms with Gasteiger partial charge in [-0.3, -0.25) is 0 Å². The number of benzene rings is 1. The Balaban J connectivity index is 1.75. The van der Waals surface area contributed by atoms with Crippen LogP contribution in [0, 0.1) is 0 Å². The zero-order chi connectivity index (χ0) is 14.8. The third kappa shape index (κ3) is 3.28. The number of thiophene rings is 1. The first-order valence-corrected chi connectivity index (χ1v) is 8.20. The van der Waals surface area contributed by atoms with Crippen molar-refractivity contribution in [2.75, 3.05) is 6.54 Å². The molecule has 1 aromatic carbocycles. The van der Waals surface area contributed by atoms with E-state index in [0.717, 1.165) is 29.3 Å². The molecule has 2 N–H and O–H groups in total. The maximum atomic E-state index is 10.9. The average Bonchev–Trinajstić information content (AvgIpc) is 2.94. The van der Waals surface area contributed by atoms with Crippen LogP contribution in [0.4, 0.5) is 0 Å². The van der Waals surface area contributed by atoms with Gasteiger partial charge in [0, 0.05) is 6.04 Å². The molecule has 3 rings (SSSR count). The summed E-state index contributed by atoms with van der Waals surface area (Å²) in [6.07, 6.45) is 2.12. The van der Waals surface area contributed by atoms with E-state index in [1.165, 1.54) is 5.56 Å². The van der Waals surface area contributed by atoms with Gasteiger partial charge in [0.15, 0.2) is 0 Å². The number of rotatable bonds is 3. The van der Waals surface area contributed by atoms with Gasteiger partial charge in [-0.25, -0.2) is 4.79 Å². The number of carboxylic acids is 1. The van der Waals surface area contributed by atoms with Gasteiger partial charge in [0.05, 0.1) is 9.90 Å². The molecule has 1 aliphatic heterocycles. The Labute approximate surface area is 132 Å². The van der Waals surface area contributed by atoms with E-state index in [1.807, 2.05) is 12.1 Å². The highest BCUT2D eigenvalue weighted by atomic mass is 35.5. The zero-order valence-electron chi connectivity index (χ0n) is 11.4. The molecule has 2 aromatic rings. The molecule has 1 unspecified atom stereocenters. The third-order valence-corrected chi connectivity index (χ3v) is 5.13. The molecule has 0 amide bonds.